The molecule has 1 atom stereocenters. The zero-order chi connectivity index (χ0) is 13.2. The van der Waals surface area contributed by atoms with Crippen molar-refractivity contribution in [2.24, 2.45) is 11.3 Å². The molecule has 0 aromatic rings. The SMILES string of the molecule is CC1(C)CCC(O)(CNC(=O)C2CCNC2)CC1. The molecule has 104 valence electrons. The standard InChI is InChI=1S/C14H26N2O2/c1-13(2)4-6-14(18,7-5-13)10-16-12(17)11-3-8-15-9-11/h11,15,18H,3-10H2,1-2H3,(H,16,17). The minimum absolute atomic E-state index is 0.0913. The molecule has 2 fully saturated rings. The first-order valence-corrected chi connectivity index (χ1v) is 7.11. The van der Waals surface area contributed by atoms with Gasteiger partial charge >= 0.3 is 0 Å². The molecule has 0 radical (unpaired) electrons. The Morgan fingerprint density at radius 3 is 2.56 bits per heavy atom. The molecule has 0 aromatic heterocycles. The van der Waals surface area contributed by atoms with Gasteiger partial charge in [-0.15, -0.1) is 0 Å². The fourth-order valence-electron chi connectivity index (χ4n) is 2.84. The van der Waals surface area contributed by atoms with E-state index in [1.54, 1.807) is 0 Å². The van der Waals surface area contributed by atoms with Crippen LogP contribution in [0, 0.1) is 11.3 Å². The van der Waals surface area contributed by atoms with Crippen molar-refractivity contribution >= 4 is 5.91 Å². The highest BCUT2D eigenvalue weighted by molar-refractivity contribution is 5.79. The number of aliphatic hydroxyl groups is 1. The Morgan fingerprint density at radius 1 is 1.33 bits per heavy atom. The monoisotopic (exact) mass is 254 g/mol. The first-order valence-electron chi connectivity index (χ1n) is 7.11. The lowest BCUT2D eigenvalue weighted by molar-refractivity contribution is -0.126. The van der Waals surface area contributed by atoms with Gasteiger partial charge in [-0.2, -0.15) is 0 Å². The number of hydrogen-bond acceptors (Lipinski definition) is 3. The van der Waals surface area contributed by atoms with E-state index >= 15 is 0 Å². The van der Waals surface area contributed by atoms with Crippen LogP contribution in [0.5, 0.6) is 0 Å². The van der Waals surface area contributed by atoms with Gasteiger partial charge in [0.15, 0.2) is 0 Å². The molecular formula is C14H26N2O2. The fraction of sp³-hybridized carbons (Fsp3) is 0.929. The van der Waals surface area contributed by atoms with Gasteiger partial charge in [0.25, 0.3) is 0 Å². The summed E-state index contributed by atoms with van der Waals surface area (Å²) in [4.78, 5) is 11.9. The van der Waals surface area contributed by atoms with Crippen LogP contribution in [-0.4, -0.2) is 36.2 Å². The molecule has 18 heavy (non-hydrogen) atoms. The van der Waals surface area contributed by atoms with Crippen LogP contribution in [0.1, 0.15) is 46.0 Å². The van der Waals surface area contributed by atoms with Crippen molar-refractivity contribution in [2.45, 2.75) is 51.6 Å². The van der Waals surface area contributed by atoms with Gasteiger partial charge in [0, 0.05) is 13.1 Å². The largest absolute Gasteiger partial charge is 0.388 e. The summed E-state index contributed by atoms with van der Waals surface area (Å²) in [5.74, 6) is 0.187. The third-order valence-electron chi connectivity index (χ3n) is 4.56. The predicted molar refractivity (Wildman–Crippen MR) is 71.2 cm³/mol. The number of hydrogen-bond donors (Lipinski definition) is 3. The first-order chi connectivity index (χ1) is 8.40. The van der Waals surface area contributed by atoms with E-state index in [0.717, 1.165) is 45.2 Å². The smallest absolute Gasteiger partial charge is 0.224 e. The third kappa shape index (κ3) is 3.45. The highest BCUT2D eigenvalue weighted by Gasteiger charge is 2.37. The average molecular weight is 254 g/mol. The summed E-state index contributed by atoms with van der Waals surface area (Å²) in [6.45, 7) is 6.61. The molecule has 1 amide bonds. The van der Waals surface area contributed by atoms with Crippen LogP contribution >= 0.6 is 0 Å². The Balaban J connectivity index is 1.77. The summed E-state index contributed by atoms with van der Waals surface area (Å²) >= 11 is 0. The van der Waals surface area contributed by atoms with E-state index in [0.29, 0.717) is 12.0 Å². The van der Waals surface area contributed by atoms with Crippen LogP contribution in [0.4, 0.5) is 0 Å². The maximum atomic E-state index is 11.9. The summed E-state index contributed by atoms with van der Waals surface area (Å²) in [5, 5.41) is 16.6. The lowest BCUT2D eigenvalue weighted by Gasteiger charge is -2.40. The molecule has 1 heterocycles. The minimum Gasteiger partial charge on any atom is -0.388 e. The fourth-order valence-corrected chi connectivity index (χ4v) is 2.84. The number of carbonyl (C=O) groups is 1. The normalized spacial score (nSPS) is 30.1. The Bertz CT molecular complexity index is 299. The van der Waals surface area contributed by atoms with Crippen LogP contribution < -0.4 is 10.6 Å². The number of rotatable bonds is 3. The van der Waals surface area contributed by atoms with Crippen LogP contribution in [0.25, 0.3) is 0 Å². The quantitative estimate of drug-likeness (QED) is 0.705. The second-order valence-electron chi connectivity index (χ2n) is 6.80. The lowest BCUT2D eigenvalue weighted by atomic mass is 9.71. The Kier molecular flexibility index (Phi) is 3.97. The highest BCUT2D eigenvalue weighted by Crippen LogP contribution is 2.39. The van der Waals surface area contributed by atoms with Gasteiger partial charge in [-0.05, 0) is 44.1 Å². The van der Waals surface area contributed by atoms with Gasteiger partial charge in [0.1, 0.15) is 0 Å². The molecule has 1 aliphatic carbocycles. The van der Waals surface area contributed by atoms with E-state index < -0.39 is 5.60 Å². The van der Waals surface area contributed by atoms with Gasteiger partial charge < -0.3 is 15.7 Å². The van der Waals surface area contributed by atoms with E-state index in [9.17, 15) is 9.90 Å². The molecule has 1 aliphatic heterocycles. The minimum atomic E-state index is -0.683. The zero-order valence-corrected chi connectivity index (χ0v) is 11.6. The van der Waals surface area contributed by atoms with Crippen molar-refractivity contribution in [3.8, 4) is 0 Å². The molecule has 1 unspecified atom stereocenters. The van der Waals surface area contributed by atoms with Gasteiger partial charge in [-0.25, -0.2) is 0 Å². The predicted octanol–water partition coefficient (Wildman–Crippen LogP) is 1.04. The van der Waals surface area contributed by atoms with Crippen LogP contribution in [-0.2, 0) is 4.79 Å². The maximum Gasteiger partial charge on any atom is 0.224 e. The molecule has 2 aliphatic rings. The van der Waals surface area contributed by atoms with E-state index in [1.165, 1.54) is 0 Å². The first kappa shape index (κ1) is 13.8. The topological polar surface area (TPSA) is 61.4 Å². The van der Waals surface area contributed by atoms with Gasteiger partial charge in [-0.1, -0.05) is 13.8 Å². The molecule has 2 rings (SSSR count). The molecule has 0 spiro atoms. The summed E-state index contributed by atoms with van der Waals surface area (Å²) in [6.07, 6.45) is 4.57. The molecule has 1 saturated carbocycles. The Morgan fingerprint density at radius 2 is 2.00 bits per heavy atom. The van der Waals surface area contributed by atoms with Crippen molar-refractivity contribution in [1.82, 2.24) is 10.6 Å². The molecule has 0 bridgehead atoms. The van der Waals surface area contributed by atoms with Gasteiger partial charge in [0.2, 0.25) is 5.91 Å². The maximum absolute atomic E-state index is 11.9. The number of amides is 1. The third-order valence-corrected chi connectivity index (χ3v) is 4.56. The lowest BCUT2D eigenvalue weighted by Crippen LogP contribution is -2.48. The zero-order valence-electron chi connectivity index (χ0n) is 11.6. The molecule has 4 nitrogen and oxygen atoms in total. The molecule has 1 saturated heterocycles. The van der Waals surface area contributed by atoms with Gasteiger partial charge in [0.05, 0.1) is 11.5 Å². The summed E-state index contributed by atoms with van der Waals surface area (Å²) < 4.78 is 0. The van der Waals surface area contributed by atoms with Crippen molar-refractivity contribution in [3.05, 3.63) is 0 Å². The molecule has 3 N–H and O–H groups in total. The van der Waals surface area contributed by atoms with E-state index in [1.807, 2.05) is 0 Å². The highest BCUT2D eigenvalue weighted by atomic mass is 16.3. The molecule has 4 heteroatoms. The van der Waals surface area contributed by atoms with Crippen molar-refractivity contribution < 1.29 is 9.90 Å². The van der Waals surface area contributed by atoms with Crippen molar-refractivity contribution in [3.63, 3.8) is 0 Å². The Labute approximate surface area is 110 Å². The van der Waals surface area contributed by atoms with E-state index in [2.05, 4.69) is 24.5 Å². The van der Waals surface area contributed by atoms with E-state index in [4.69, 9.17) is 0 Å². The average Bonchev–Trinajstić information content (AvgIpc) is 2.85. The summed E-state index contributed by atoms with van der Waals surface area (Å²) in [7, 11) is 0. The molecular weight excluding hydrogens is 228 g/mol. The second-order valence-corrected chi connectivity index (χ2v) is 6.80. The van der Waals surface area contributed by atoms with Crippen molar-refractivity contribution in [2.75, 3.05) is 19.6 Å². The second kappa shape index (κ2) is 5.17. The van der Waals surface area contributed by atoms with Gasteiger partial charge in [-0.3, -0.25) is 4.79 Å². The summed E-state index contributed by atoms with van der Waals surface area (Å²) in [5.41, 5.74) is -0.344. The molecule has 0 aromatic carbocycles. The van der Waals surface area contributed by atoms with Crippen LogP contribution in [0.3, 0.4) is 0 Å². The number of carbonyl (C=O) groups excluding carboxylic acids is 1. The van der Waals surface area contributed by atoms with E-state index in [-0.39, 0.29) is 11.8 Å². The summed E-state index contributed by atoms with van der Waals surface area (Å²) in [6, 6.07) is 0. The number of nitrogens with one attached hydrogen (secondary N) is 2. The van der Waals surface area contributed by atoms with Crippen LogP contribution in [0.2, 0.25) is 0 Å². The van der Waals surface area contributed by atoms with Crippen molar-refractivity contribution in [1.29, 1.82) is 0 Å². The Hall–Kier alpha value is -0.610. The van der Waals surface area contributed by atoms with Crippen LogP contribution in [0.15, 0.2) is 0 Å².